The Labute approximate surface area is 148 Å². The normalized spacial score (nSPS) is 18.8. The molecule has 0 spiro atoms. The van der Waals surface area contributed by atoms with Crippen LogP contribution < -0.4 is 0 Å². The van der Waals surface area contributed by atoms with Crippen molar-refractivity contribution in [2.24, 2.45) is 0 Å². The largest absolute Gasteiger partial charge is 0.334 e. The standard InChI is InChI=1S/C20H26N2OS/c1-4-16(15-10-7-6-8-11-15)17-12-9-13-22(17)20(23)19-14(3)21-18(5-2)24-19/h6-8,10-11,16-17H,4-5,9,12-13H2,1-3H3/t16-,17+/m0/s1. The number of rotatable bonds is 5. The van der Waals surface area contributed by atoms with E-state index in [9.17, 15) is 4.79 Å². The minimum absolute atomic E-state index is 0.182. The number of carbonyl (C=O) groups is 1. The minimum Gasteiger partial charge on any atom is -0.334 e. The Morgan fingerprint density at radius 1 is 1.33 bits per heavy atom. The third kappa shape index (κ3) is 3.25. The van der Waals surface area contributed by atoms with Crippen LogP contribution in [0.5, 0.6) is 0 Å². The molecule has 1 aromatic heterocycles. The lowest BCUT2D eigenvalue weighted by atomic mass is 9.87. The fraction of sp³-hybridized carbons (Fsp3) is 0.500. The zero-order chi connectivity index (χ0) is 17.1. The van der Waals surface area contributed by atoms with E-state index in [4.69, 9.17) is 0 Å². The lowest BCUT2D eigenvalue weighted by Crippen LogP contribution is -2.39. The van der Waals surface area contributed by atoms with Crippen LogP contribution in [0.15, 0.2) is 30.3 Å². The second-order valence-electron chi connectivity index (χ2n) is 6.51. The van der Waals surface area contributed by atoms with Crippen molar-refractivity contribution < 1.29 is 4.79 Å². The van der Waals surface area contributed by atoms with Gasteiger partial charge in [-0.05, 0) is 38.2 Å². The van der Waals surface area contributed by atoms with Crippen molar-refractivity contribution in [3.63, 3.8) is 0 Å². The summed E-state index contributed by atoms with van der Waals surface area (Å²) < 4.78 is 0. The molecular formula is C20H26N2OS. The summed E-state index contributed by atoms with van der Waals surface area (Å²) in [5.74, 6) is 0.595. The Hall–Kier alpha value is -1.68. The summed E-state index contributed by atoms with van der Waals surface area (Å²) in [5.41, 5.74) is 2.24. The average molecular weight is 343 g/mol. The van der Waals surface area contributed by atoms with Gasteiger partial charge < -0.3 is 4.90 Å². The van der Waals surface area contributed by atoms with Gasteiger partial charge in [0.2, 0.25) is 0 Å². The predicted octanol–water partition coefficient (Wildman–Crippen LogP) is 4.81. The highest BCUT2D eigenvalue weighted by Gasteiger charge is 2.36. The molecule has 0 aliphatic carbocycles. The van der Waals surface area contributed by atoms with E-state index in [2.05, 4.69) is 54.1 Å². The van der Waals surface area contributed by atoms with Crippen LogP contribution in [0.2, 0.25) is 0 Å². The Bertz CT molecular complexity index is 695. The molecule has 128 valence electrons. The number of thiazole rings is 1. The summed E-state index contributed by atoms with van der Waals surface area (Å²) in [6.07, 6.45) is 4.14. The van der Waals surface area contributed by atoms with Gasteiger partial charge in [-0.2, -0.15) is 0 Å². The molecule has 2 atom stereocenters. The number of aromatic nitrogens is 1. The van der Waals surface area contributed by atoms with Gasteiger partial charge in [0, 0.05) is 18.5 Å². The van der Waals surface area contributed by atoms with Crippen LogP contribution in [-0.4, -0.2) is 28.4 Å². The summed E-state index contributed by atoms with van der Waals surface area (Å²) in [7, 11) is 0. The summed E-state index contributed by atoms with van der Waals surface area (Å²) in [5, 5.41) is 1.06. The molecule has 3 nitrogen and oxygen atoms in total. The first-order chi connectivity index (χ1) is 11.7. The van der Waals surface area contributed by atoms with E-state index in [1.54, 1.807) is 11.3 Å². The van der Waals surface area contributed by atoms with Gasteiger partial charge in [0.05, 0.1) is 10.7 Å². The molecule has 4 heteroatoms. The number of aryl methyl sites for hydroxylation is 2. The zero-order valence-electron chi connectivity index (χ0n) is 14.8. The molecule has 2 aromatic rings. The predicted molar refractivity (Wildman–Crippen MR) is 99.8 cm³/mol. The van der Waals surface area contributed by atoms with E-state index in [0.717, 1.165) is 47.8 Å². The van der Waals surface area contributed by atoms with Crippen molar-refractivity contribution in [2.75, 3.05) is 6.54 Å². The number of benzene rings is 1. The fourth-order valence-electron chi connectivity index (χ4n) is 3.83. The second-order valence-corrected chi connectivity index (χ2v) is 7.59. The molecule has 1 aliphatic heterocycles. The van der Waals surface area contributed by atoms with Gasteiger partial charge >= 0.3 is 0 Å². The number of likely N-dealkylation sites (tertiary alicyclic amines) is 1. The van der Waals surface area contributed by atoms with Gasteiger partial charge in [0.1, 0.15) is 4.88 Å². The van der Waals surface area contributed by atoms with Crippen LogP contribution in [0.25, 0.3) is 0 Å². The van der Waals surface area contributed by atoms with E-state index in [-0.39, 0.29) is 5.91 Å². The van der Waals surface area contributed by atoms with Crippen LogP contribution >= 0.6 is 11.3 Å². The molecule has 24 heavy (non-hydrogen) atoms. The Morgan fingerprint density at radius 3 is 2.71 bits per heavy atom. The Morgan fingerprint density at radius 2 is 2.08 bits per heavy atom. The van der Waals surface area contributed by atoms with Crippen LogP contribution in [0.4, 0.5) is 0 Å². The molecule has 1 amide bonds. The SMILES string of the molecule is CCc1nc(C)c(C(=O)N2CCC[C@@H]2[C@@H](CC)c2ccccc2)s1. The molecule has 1 saturated heterocycles. The van der Waals surface area contributed by atoms with Crippen molar-refractivity contribution in [1.29, 1.82) is 0 Å². The first kappa shape index (κ1) is 17.2. The second kappa shape index (κ2) is 7.47. The summed E-state index contributed by atoms with van der Waals surface area (Å²) in [6.45, 7) is 7.15. The smallest absolute Gasteiger partial charge is 0.266 e. The lowest BCUT2D eigenvalue weighted by molar-refractivity contribution is 0.0718. The van der Waals surface area contributed by atoms with Crippen LogP contribution in [0, 0.1) is 6.92 Å². The molecule has 0 unspecified atom stereocenters. The van der Waals surface area contributed by atoms with E-state index >= 15 is 0 Å². The zero-order valence-corrected chi connectivity index (χ0v) is 15.6. The van der Waals surface area contributed by atoms with Gasteiger partial charge in [-0.15, -0.1) is 11.3 Å². The van der Waals surface area contributed by atoms with Crippen LogP contribution in [0.3, 0.4) is 0 Å². The van der Waals surface area contributed by atoms with E-state index in [1.807, 2.05) is 6.92 Å². The highest BCUT2D eigenvalue weighted by molar-refractivity contribution is 7.13. The molecule has 0 bridgehead atoms. The lowest BCUT2D eigenvalue weighted by Gasteiger charge is -2.31. The average Bonchev–Trinajstić information content (AvgIpc) is 3.23. The molecule has 0 N–H and O–H groups in total. The highest BCUT2D eigenvalue weighted by Crippen LogP contribution is 2.35. The molecular weight excluding hydrogens is 316 g/mol. The number of nitrogens with zero attached hydrogens (tertiary/aromatic N) is 2. The molecule has 0 saturated carbocycles. The number of hydrogen-bond acceptors (Lipinski definition) is 3. The number of hydrogen-bond donors (Lipinski definition) is 0. The van der Waals surface area contributed by atoms with E-state index in [1.165, 1.54) is 5.56 Å². The third-order valence-electron chi connectivity index (χ3n) is 5.03. The van der Waals surface area contributed by atoms with Gasteiger partial charge in [-0.25, -0.2) is 4.98 Å². The maximum absolute atomic E-state index is 13.2. The van der Waals surface area contributed by atoms with E-state index in [0.29, 0.717) is 12.0 Å². The summed E-state index contributed by atoms with van der Waals surface area (Å²) >= 11 is 1.57. The third-order valence-corrected chi connectivity index (χ3v) is 6.32. The van der Waals surface area contributed by atoms with Gasteiger partial charge in [-0.3, -0.25) is 4.79 Å². The number of carbonyl (C=O) groups excluding carboxylic acids is 1. The Balaban J connectivity index is 1.86. The highest BCUT2D eigenvalue weighted by atomic mass is 32.1. The molecule has 2 heterocycles. The van der Waals surface area contributed by atoms with Crippen LogP contribution in [-0.2, 0) is 6.42 Å². The van der Waals surface area contributed by atoms with Crippen molar-refractivity contribution in [3.05, 3.63) is 51.5 Å². The fourth-order valence-corrected chi connectivity index (χ4v) is 4.79. The monoisotopic (exact) mass is 342 g/mol. The summed E-state index contributed by atoms with van der Waals surface area (Å²) in [6, 6.07) is 10.9. The van der Waals surface area contributed by atoms with Gasteiger partial charge in [0.25, 0.3) is 5.91 Å². The molecule has 3 rings (SSSR count). The maximum Gasteiger partial charge on any atom is 0.266 e. The maximum atomic E-state index is 13.2. The Kier molecular flexibility index (Phi) is 5.34. The molecule has 1 fully saturated rings. The molecule has 1 aromatic carbocycles. The molecule has 0 radical (unpaired) electrons. The first-order valence-electron chi connectivity index (χ1n) is 8.97. The van der Waals surface area contributed by atoms with E-state index < -0.39 is 0 Å². The van der Waals surface area contributed by atoms with Crippen molar-refractivity contribution in [1.82, 2.24) is 9.88 Å². The van der Waals surface area contributed by atoms with Crippen molar-refractivity contribution >= 4 is 17.2 Å². The van der Waals surface area contributed by atoms with Crippen LogP contribution in [0.1, 0.15) is 65.0 Å². The topological polar surface area (TPSA) is 33.2 Å². The molecule has 1 aliphatic rings. The number of amides is 1. The quantitative estimate of drug-likeness (QED) is 0.781. The van der Waals surface area contributed by atoms with Gasteiger partial charge in [0.15, 0.2) is 0 Å². The summed E-state index contributed by atoms with van der Waals surface area (Å²) in [4.78, 5) is 20.6. The first-order valence-corrected chi connectivity index (χ1v) is 9.79. The minimum atomic E-state index is 0.182. The van der Waals surface area contributed by atoms with Gasteiger partial charge in [-0.1, -0.05) is 44.2 Å². The van der Waals surface area contributed by atoms with Crippen molar-refractivity contribution in [3.8, 4) is 0 Å². The van der Waals surface area contributed by atoms with Crippen molar-refractivity contribution in [2.45, 2.75) is 58.4 Å².